The zero-order valence-corrected chi connectivity index (χ0v) is 23.6. The van der Waals surface area contributed by atoms with Crippen molar-refractivity contribution in [3.05, 3.63) is 116 Å². The van der Waals surface area contributed by atoms with Crippen molar-refractivity contribution in [3.63, 3.8) is 0 Å². The van der Waals surface area contributed by atoms with E-state index in [1.807, 2.05) is 51.5 Å². The molecular weight excluding hydrogens is 463 g/mol. The van der Waals surface area contributed by atoms with Crippen molar-refractivity contribution >= 4 is 22.9 Å². The largest absolute Gasteiger partial charge is 1.00 e. The number of nitrogens with zero attached hydrogens (tertiary/aromatic N) is 4. The van der Waals surface area contributed by atoms with Crippen molar-refractivity contribution in [1.29, 1.82) is 0 Å². The van der Waals surface area contributed by atoms with Crippen molar-refractivity contribution in [1.82, 2.24) is 20.3 Å². The Morgan fingerprint density at radius 3 is 2.60 bits per heavy atom. The van der Waals surface area contributed by atoms with E-state index in [0.717, 1.165) is 28.0 Å². The van der Waals surface area contributed by atoms with E-state index in [0.29, 0.717) is 11.3 Å². The number of benzene rings is 1. The summed E-state index contributed by atoms with van der Waals surface area (Å²) in [5, 5.41) is 6.10. The number of aryl methyl sites for hydroxylation is 1. The molecule has 0 spiro atoms. The van der Waals surface area contributed by atoms with Crippen LogP contribution in [-0.4, -0.2) is 26.6 Å². The molecule has 8 heteroatoms. The minimum absolute atomic E-state index is 0. The number of aromatic nitrogens is 3. The smallest absolute Gasteiger partial charge is 0.560 e. The van der Waals surface area contributed by atoms with E-state index in [4.69, 9.17) is 0 Å². The van der Waals surface area contributed by atoms with E-state index in [1.165, 1.54) is 6.33 Å². The first-order valence-corrected chi connectivity index (χ1v) is 10.8. The molecule has 2 N–H and O–H groups in total. The molecule has 0 saturated carbocycles. The van der Waals surface area contributed by atoms with Crippen LogP contribution in [0.4, 0.5) is 5.69 Å². The van der Waals surface area contributed by atoms with Gasteiger partial charge in [-0.2, -0.15) is 5.56 Å². The van der Waals surface area contributed by atoms with Gasteiger partial charge in [-0.15, -0.1) is 6.20 Å². The van der Waals surface area contributed by atoms with Gasteiger partial charge in [-0.3, -0.25) is 19.7 Å². The Morgan fingerprint density at radius 2 is 1.89 bits per heavy atom. The van der Waals surface area contributed by atoms with Crippen molar-refractivity contribution in [3.8, 4) is 0 Å². The maximum atomic E-state index is 12.5. The van der Waals surface area contributed by atoms with Gasteiger partial charge >= 0.3 is 51.4 Å². The summed E-state index contributed by atoms with van der Waals surface area (Å²) < 4.78 is 0. The molecule has 0 fully saturated rings. The normalized spacial score (nSPS) is 12.5. The fourth-order valence-electron chi connectivity index (χ4n) is 3.12. The van der Waals surface area contributed by atoms with Gasteiger partial charge < -0.3 is 40.4 Å². The van der Waals surface area contributed by atoms with E-state index in [-0.39, 0.29) is 63.3 Å². The number of pyridine rings is 1. The molecule has 2 heterocycles. The quantitative estimate of drug-likeness (QED) is 0.207. The molecule has 174 valence electrons. The summed E-state index contributed by atoms with van der Waals surface area (Å²) in [5.74, 6) is -0.195. The minimum atomic E-state index is -0.195. The summed E-state index contributed by atoms with van der Waals surface area (Å²) in [6.07, 6.45) is 16.4. The molecule has 0 aliphatic heterocycles. The third-order valence-corrected chi connectivity index (χ3v) is 4.89. The van der Waals surface area contributed by atoms with E-state index in [2.05, 4.69) is 43.7 Å². The second kappa shape index (κ2) is 14.6. The van der Waals surface area contributed by atoms with Gasteiger partial charge in [0.15, 0.2) is 0 Å². The fraction of sp³-hybridized carbons (Fsp3) is 0.148. The summed E-state index contributed by atoms with van der Waals surface area (Å²) in [6, 6.07) is 9.43. The molecule has 1 atom stereocenters. The molecule has 1 amide bonds. The van der Waals surface area contributed by atoms with Crippen molar-refractivity contribution in [2.24, 2.45) is 4.99 Å². The van der Waals surface area contributed by atoms with Crippen LogP contribution in [0.25, 0.3) is 5.57 Å². The third-order valence-electron chi connectivity index (χ3n) is 4.89. The summed E-state index contributed by atoms with van der Waals surface area (Å²) in [7, 11) is 0. The number of amides is 1. The van der Waals surface area contributed by atoms with E-state index < -0.39 is 0 Å². The van der Waals surface area contributed by atoms with Gasteiger partial charge in [0.05, 0.1) is 5.56 Å². The van der Waals surface area contributed by atoms with Gasteiger partial charge in [-0.1, -0.05) is 12.1 Å². The Morgan fingerprint density at radius 1 is 1.14 bits per heavy atom. The number of aliphatic imine (C=N–C) groups is 1. The number of hydrogen-bond donors (Lipinski definition) is 2. The predicted molar refractivity (Wildman–Crippen MR) is 136 cm³/mol. The second-order valence-corrected chi connectivity index (χ2v) is 7.67. The van der Waals surface area contributed by atoms with Gasteiger partial charge in [0, 0.05) is 24.1 Å². The van der Waals surface area contributed by atoms with Crippen LogP contribution in [0.2, 0.25) is 0 Å². The van der Waals surface area contributed by atoms with Gasteiger partial charge in [0.25, 0.3) is 5.91 Å². The summed E-state index contributed by atoms with van der Waals surface area (Å²) in [5.41, 5.74) is 5.71. The zero-order valence-electron chi connectivity index (χ0n) is 20.5. The number of allylic oxidation sites excluding steroid dienone is 2. The van der Waals surface area contributed by atoms with Crippen LogP contribution in [0, 0.1) is 26.5 Å². The Bertz CT molecular complexity index is 1210. The van der Waals surface area contributed by atoms with Gasteiger partial charge in [-0.25, -0.2) is 6.42 Å². The molecule has 3 rings (SSSR count). The van der Waals surface area contributed by atoms with E-state index >= 15 is 0 Å². The minimum Gasteiger partial charge on any atom is -0.560 e. The Labute approximate surface area is 249 Å². The number of anilines is 1. The number of hydrogen-bond acceptors (Lipinski definition) is 6. The first kappa shape index (κ1) is 28.5. The number of carbonyl (C=O) groups is 1. The Kier molecular flexibility index (Phi) is 11.9. The first-order chi connectivity index (χ1) is 16.5. The maximum Gasteiger partial charge on any atom is 1.00 e. The van der Waals surface area contributed by atoms with Crippen molar-refractivity contribution in [2.45, 2.75) is 26.8 Å². The average Bonchev–Trinajstić information content (AvgIpc) is 2.85. The summed E-state index contributed by atoms with van der Waals surface area (Å²) >= 11 is 0. The van der Waals surface area contributed by atoms with Crippen LogP contribution in [0.15, 0.2) is 78.7 Å². The molecular formula is C27H27KN6O-2. The molecule has 3 aromatic rings. The van der Waals surface area contributed by atoms with Crippen molar-refractivity contribution < 1.29 is 56.2 Å². The second-order valence-electron chi connectivity index (χ2n) is 7.67. The standard InChI is InChI=1S/C27H27N6O.K/c1-5-22(25-16-29-18-30-17-25)12-20(3)31-9-10-32-21(4)23-7-6-8-26(13-23)33-27(34)24-11-19(2)14-28-15-24;/h5-9,11-18,21,32H,1H2,2-4H3,(H,33,34);/q-3;+1/b22-5+,31-20?;. The fourth-order valence-corrected chi connectivity index (χ4v) is 3.12. The third kappa shape index (κ3) is 9.08. The monoisotopic (exact) mass is 490 g/mol. The predicted octanol–water partition coefficient (Wildman–Crippen LogP) is 1.94. The van der Waals surface area contributed by atoms with Crippen LogP contribution in [0.3, 0.4) is 0 Å². The number of nitrogens with one attached hydrogen (secondary N) is 2. The molecule has 1 unspecified atom stereocenters. The molecule has 0 saturated heterocycles. The number of rotatable bonds is 9. The first-order valence-electron chi connectivity index (χ1n) is 10.8. The number of carbonyl (C=O) groups excluding carboxylic acids is 1. The molecule has 0 aliphatic rings. The molecule has 1 aromatic carbocycles. The van der Waals surface area contributed by atoms with E-state index in [1.54, 1.807) is 43.1 Å². The van der Waals surface area contributed by atoms with E-state index in [9.17, 15) is 4.79 Å². The van der Waals surface area contributed by atoms with Gasteiger partial charge in [0.2, 0.25) is 0 Å². The molecule has 7 nitrogen and oxygen atoms in total. The molecule has 0 aliphatic carbocycles. The topological polar surface area (TPSA) is 92.2 Å². The van der Waals surface area contributed by atoms with Crippen LogP contribution in [-0.2, 0) is 0 Å². The van der Waals surface area contributed by atoms with Crippen LogP contribution >= 0.6 is 0 Å². The molecule has 35 heavy (non-hydrogen) atoms. The van der Waals surface area contributed by atoms with Crippen LogP contribution in [0.1, 0.15) is 46.9 Å². The molecule has 0 radical (unpaired) electrons. The summed E-state index contributed by atoms with van der Waals surface area (Å²) in [6.45, 7) is 9.65. The Hall–Kier alpha value is -2.75. The average molecular weight is 491 g/mol. The molecule has 2 aromatic heterocycles. The SMILES string of the molecule is [CH2-]/C=C(\[CH-]C(C)=NC=[C-]NC(C)c1cccc(NC(=O)c2cncc(C)c2)c1)c1cncnc1.[K+]. The zero-order chi connectivity index (χ0) is 24.3. The maximum absolute atomic E-state index is 12.5. The van der Waals surface area contributed by atoms with Crippen LogP contribution < -0.4 is 62.0 Å². The van der Waals surface area contributed by atoms with Gasteiger partial charge in [0.1, 0.15) is 6.33 Å². The molecule has 0 bridgehead atoms. The summed E-state index contributed by atoms with van der Waals surface area (Å²) in [4.78, 5) is 29.0. The van der Waals surface area contributed by atoms with Gasteiger partial charge in [-0.05, 0) is 68.2 Å². The Balaban J connectivity index is 0.00000432. The van der Waals surface area contributed by atoms with Crippen LogP contribution in [0.5, 0.6) is 0 Å². The van der Waals surface area contributed by atoms with Crippen molar-refractivity contribution in [2.75, 3.05) is 5.32 Å².